The van der Waals surface area contributed by atoms with E-state index >= 15 is 0 Å². The maximum atomic E-state index is 11.7. The Morgan fingerprint density at radius 1 is 1.36 bits per heavy atom. The highest BCUT2D eigenvalue weighted by atomic mass is 16.1. The van der Waals surface area contributed by atoms with Gasteiger partial charge in [0.15, 0.2) is 5.78 Å². The van der Waals surface area contributed by atoms with Gasteiger partial charge in [0, 0.05) is 18.0 Å². The minimum Gasteiger partial charge on any atom is -0.306 e. The van der Waals surface area contributed by atoms with Crippen molar-refractivity contribution in [3.05, 3.63) is 42.8 Å². The van der Waals surface area contributed by atoms with Crippen molar-refractivity contribution in [2.45, 2.75) is 12.5 Å². The molecular formula is C12H16NO. The van der Waals surface area contributed by atoms with Gasteiger partial charge >= 0.3 is 0 Å². The van der Waals surface area contributed by atoms with E-state index in [2.05, 4.69) is 6.92 Å². The zero-order valence-electron chi connectivity index (χ0n) is 8.73. The van der Waals surface area contributed by atoms with Gasteiger partial charge in [-0.15, -0.1) is 0 Å². The molecule has 0 N–H and O–H groups in total. The van der Waals surface area contributed by atoms with Gasteiger partial charge in [-0.05, 0) is 21.0 Å². The maximum Gasteiger partial charge on any atom is 0.164 e. The average Bonchev–Trinajstić information content (AvgIpc) is 2.19. The number of carbonyl (C=O) groups is 1. The number of rotatable bonds is 4. The second-order valence-corrected chi connectivity index (χ2v) is 3.61. The molecule has 0 heterocycles. The van der Waals surface area contributed by atoms with Crippen molar-refractivity contribution in [3.8, 4) is 0 Å². The largest absolute Gasteiger partial charge is 0.306 e. The predicted octanol–water partition coefficient (Wildman–Crippen LogP) is 2.02. The Balaban J connectivity index is 2.60. The van der Waals surface area contributed by atoms with Crippen molar-refractivity contribution < 1.29 is 4.79 Å². The lowest BCUT2D eigenvalue weighted by molar-refractivity contribution is 0.0957. The normalized spacial score (nSPS) is 12.9. The first-order chi connectivity index (χ1) is 6.61. The quantitative estimate of drug-likeness (QED) is 0.677. The Morgan fingerprint density at radius 2 is 1.93 bits per heavy atom. The van der Waals surface area contributed by atoms with E-state index in [9.17, 15) is 4.79 Å². The molecule has 1 unspecified atom stereocenters. The SMILES string of the molecule is [CH2]C(CC(=O)c1ccccc1)N(C)C. The molecule has 0 amide bonds. The van der Waals surface area contributed by atoms with Crippen LogP contribution >= 0.6 is 0 Å². The highest BCUT2D eigenvalue weighted by Crippen LogP contribution is 2.07. The zero-order valence-corrected chi connectivity index (χ0v) is 8.73. The van der Waals surface area contributed by atoms with Crippen LogP contribution in [-0.2, 0) is 0 Å². The Labute approximate surface area is 85.5 Å². The van der Waals surface area contributed by atoms with E-state index in [0.717, 1.165) is 5.56 Å². The molecule has 0 aromatic heterocycles. The zero-order chi connectivity index (χ0) is 10.6. The standard InChI is InChI=1S/C12H16NO/c1-10(13(2)3)9-12(14)11-7-5-4-6-8-11/h4-8,10H,1,9H2,2-3H3. The molecule has 2 nitrogen and oxygen atoms in total. The van der Waals surface area contributed by atoms with Gasteiger partial charge in [0.2, 0.25) is 0 Å². The van der Waals surface area contributed by atoms with E-state index in [-0.39, 0.29) is 11.8 Å². The molecule has 1 aromatic carbocycles. The summed E-state index contributed by atoms with van der Waals surface area (Å²) in [5.74, 6) is 0.152. The van der Waals surface area contributed by atoms with Crippen molar-refractivity contribution >= 4 is 5.78 Å². The summed E-state index contributed by atoms with van der Waals surface area (Å²) in [6.07, 6.45) is 0.469. The van der Waals surface area contributed by atoms with Crippen molar-refractivity contribution in [3.63, 3.8) is 0 Å². The van der Waals surface area contributed by atoms with Crippen LogP contribution in [0.3, 0.4) is 0 Å². The van der Waals surface area contributed by atoms with Crippen LogP contribution in [-0.4, -0.2) is 30.8 Å². The molecule has 0 spiro atoms. The van der Waals surface area contributed by atoms with Crippen LogP contribution in [0.5, 0.6) is 0 Å². The lowest BCUT2D eigenvalue weighted by atomic mass is 10.0. The number of ketones is 1. The molecule has 2 heteroatoms. The maximum absolute atomic E-state index is 11.7. The van der Waals surface area contributed by atoms with E-state index in [4.69, 9.17) is 0 Å². The fraction of sp³-hybridized carbons (Fsp3) is 0.333. The van der Waals surface area contributed by atoms with Crippen LogP contribution in [0.25, 0.3) is 0 Å². The molecule has 0 aliphatic heterocycles. The summed E-state index contributed by atoms with van der Waals surface area (Å²) in [6, 6.07) is 9.38. The summed E-state index contributed by atoms with van der Waals surface area (Å²) in [5, 5.41) is 0. The van der Waals surface area contributed by atoms with Crippen LogP contribution in [0.1, 0.15) is 16.8 Å². The molecule has 75 valence electrons. The molecule has 0 saturated heterocycles. The van der Waals surface area contributed by atoms with E-state index in [1.807, 2.05) is 49.3 Å². The molecule has 0 bridgehead atoms. The van der Waals surface area contributed by atoms with Gasteiger partial charge in [0.25, 0.3) is 0 Å². The second-order valence-electron chi connectivity index (χ2n) is 3.61. The molecular weight excluding hydrogens is 174 g/mol. The van der Waals surface area contributed by atoms with E-state index in [0.29, 0.717) is 6.42 Å². The third kappa shape index (κ3) is 2.96. The molecule has 1 radical (unpaired) electrons. The molecule has 0 fully saturated rings. The minimum absolute atomic E-state index is 0.0442. The number of hydrogen-bond acceptors (Lipinski definition) is 2. The molecule has 0 aliphatic rings. The van der Waals surface area contributed by atoms with Gasteiger partial charge < -0.3 is 4.90 Å². The van der Waals surface area contributed by atoms with E-state index in [1.54, 1.807) is 0 Å². The third-order valence-electron chi connectivity index (χ3n) is 2.25. The predicted molar refractivity (Wildman–Crippen MR) is 58.2 cm³/mol. The van der Waals surface area contributed by atoms with Crippen molar-refractivity contribution in [1.29, 1.82) is 0 Å². The fourth-order valence-corrected chi connectivity index (χ4v) is 1.14. The fourth-order valence-electron chi connectivity index (χ4n) is 1.14. The first-order valence-electron chi connectivity index (χ1n) is 4.69. The number of carbonyl (C=O) groups excluding carboxylic acids is 1. The smallest absolute Gasteiger partial charge is 0.164 e. The second kappa shape index (κ2) is 4.91. The van der Waals surface area contributed by atoms with Gasteiger partial charge in [0.1, 0.15) is 0 Å². The van der Waals surface area contributed by atoms with Gasteiger partial charge in [0.05, 0.1) is 0 Å². The average molecular weight is 190 g/mol. The van der Waals surface area contributed by atoms with E-state index in [1.165, 1.54) is 0 Å². The summed E-state index contributed by atoms with van der Waals surface area (Å²) in [6.45, 7) is 3.91. The first-order valence-corrected chi connectivity index (χ1v) is 4.69. The Kier molecular flexibility index (Phi) is 3.84. The van der Waals surface area contributed by atoms with Crippen LogP contribution in [0.15, 0.2) is 30.3 Å². The van der Waals surface area contributed by atoms with Crippen molar-refractivity contribution in [1.82, 2.24) is 4.90 Å². The van der Waals surface area contributed by atoms with Crippen LogP contribution in [0.2, 0.25) is 0 Å². The van der Waals surface area contributed by atoms with Gasteiger partial charge in [-0.1, -0.05) is 30.3 Å². The summed E-state index contributed by atoms with van der Waals surface area (Å²) in [5.41, 5.74) is 0.767. The summed E-state index contributed by atoms with van der Waals surface area (Å²) < 4.78 is 0. The number of hydrogen-bond donors (Lipinski definition) is 0. The molecule has 0 saturated carbocycles. The van der Waals surface area contributed by atoms with Gasteiger partial charge in [-0.25, -0.2) is 0 Å². The highest BCUT2D eigenvalue weighted by molar-refractivity contribution is 5.96. The van der Waals surface area contributed by atoms with E-state index < -0.39 is 0 Å². The highest BCUT2D eigenvalue weighted by Gasteiger charge is 2.11. The molecule has 1 aromatic rings. The van der Waals surface area contributed by atoms with Crippen molar-refractivity contribution in [2.24, 2.45) is 0 Å². The molecule has 14 heavy (non-hydrogen) atoms. The monoisotopic (exact) mass is 190 g/mol. The van der Waals surface area contributed by atoms with Crippen LogP contribution < -0.4 is 0 Å². The Bertz CT molecular complexity index is 292. The molecule has 1 atom stereocenters. The Hall–Kier alpha value is -1.15. The van der Waals surface area contributed by atoms with Crippen molar-refractivity contribution in [2.75, 3.05) is 14.1 Å². The lowest BCUT2D eigenvalue weighted by Gasteiger charge is -2.18. The summed E-state index contributed by atoms with van der Waals surface area (Å²) in [4.78, 5) is 13.6. The summed E-state index contributed by atoms with van der Waals surface area (Å²) >= 11 is 0. The number of benzene rings is 1. The number of nitrogens with zero attached hydrogens (tertiary/aromatic N) is 1. The number of Topliss-reactive ketones (excluding diaryl/α,β-unsaturated/α-hetero) is 1. The lowest BCUT2D eigenvalue weighted by Crippen LogP contribution is -2.27. The first kappa shape index (κ1) is 10.9. The van der Waals surface area contributed by atoms with Crippen LogP contribution in [0, 0.1) is 6.92 Å². The summed E-state index contributed by atoms with van der Waals surface area (Å²) in [7, 11) is 3.85. The van der Waals surface area contributed by atoms with Crippen LogP contribution in [0.4, 0.5) is 0 Å². The Morgan fingerprint density at radius 3 is 2.43 bits per heavy atom. The van der Waals surface area contributed by atoms with Gasteiger partial charge in [-0.3, -0.25) is 4.79 Å². The third-order valence-corrected chi connectivity index (χ3v) is 2.25. The minimum atomic E-state index is 0.0442. The van der Waals surface area contributed by atoms with Gasteiger partial charge in [-0.2, -0.15) is 0 Å². The molecule has 1 rings (SSSR count). The molecule has 0 aliphatic carbocycles. The topological polar surface area (TPSA) is 20.3 Å².